The van der Waals surface area contributed by atoms with Gasteiger partial charge in [0.25, 0.3) is 0 Å². The summed E-state index contributed by atoms with van der Waals surface area (Å²) in [7, 11) is 0. The summed E-state index contributed by atoms with van der Waals surface area (Å²) in [5, 5.41) is 6.02. The molecule has 2 nitrogen and oxygen atoms in total. The minimum atomic E-state index is 0.964. The molecule has 0 unspecified atom stereocenters. The van der Waals surface area contributed by atoms with E-state index in [0.717, 1.165) is 18.7 Å². The van der Waals surface area contributed by atoms with Gasteiger partial charge >= 0.3 is 0 Å². The van der Waals surface area contributed by atoms with Crippen molar-refractivity contribution in [3.05, 3.63) is 90.0 Å². The molecule has 0 amide bonds. The topological polar surface area (TPSA) is 17.8 Å². The maximum absolute atomic E-state index is 4.86. The average molecular weight is 379 g/mol. The molecular weight excluding hydrogens is 360 g/mol. The van der Waals surface area contributed by atoms with E-state index in [1.165, 1.54) is 43.0 Å². The Balaban J connectivity index is 1.60. The fourth-order valence-electron chi connectivity index (χ4n) is 4.19. The number of nitrogens with zero attached hydrogens (tertiary/aromatic N) is 2. The van der Waals surface area contributed by atoms with Crippen LogP contribution in [0, 0.1) is 0 Å². The van der Waals surface area contributed by atoms with Gasteiger partial charge in [-0.05, 0) is 71.1 Å². The van der Waals surface area contributed by atoms with Gasteiger partial charge in [-0.3, -0.25) is 4.57 Å². The van der Waals surface area contributed by atoms with Gasteiger partial charge in [0.1, 0.15) is 5.82 Å². The van der Waals surface area contributed by atoms with Gasteiger partial charge in [-0.1, -0.05) is 36.4 Å². The third-order valence-electron chi connectivity index (χ3n) is 5.55. The average Bonchev–Trinajstić information content (AvgIpc) is 3.35. The summed E-state index contributed by atoms with van der Waals surface area (Å²) in [6.07, 6.45) is 11.0. The van der Waals surface area contributed by atoms with Crippen LogP contribution in [0.25, 0.3) is 43.3 Å². The number of hydrogen-bond acceptors (Lipinski definition) is 2. The Labute approximate surface area is 167 Å². The molecule has 0 saturated heterocycles. The number of rotatable bonds is 2. The molecule has 3 heterocycles. The maximum Gasteiger partial charge on any atom is 0.137 e. The van der Waals surface area contributed by atoms with Gasteiger partial charge in [0.15, 0.2) is 0 Å². The van der Waals surface area contributed by atoms with Crippen LogP contribution in [0.2, 0.25) is 0 Å². The Morgan fingerprint density at radius 3 is 2.71 bits per heavy atom. The molecule has 0 radical (unpaired) electrons. The van der Waals surface area contributed by atoms with Crippen molar-refractivity contribution in [1.29, 1.82) is 0 Å². The highest BCUT2D eigenvalue weighted by atomic mass is 32.1. The van der Waals surface area contributed by atoms with Crippen molar-refractivity contribution in [2.24, 2.45) is 0 Å². The van der Waals surface area contributed by atoms with Crippen LogP contribution in [-0.4, -0.2) is 9.55 Å². The second-order valence-electron chi connectivity index (χ2n) is 7.22. The van der Waals surface area contributed by atoms with E-state index in [1.54, 1.807) is 11.3 Å². The van der Waals surface area contributed by atoms with Gasteiger partial charge in [0, 0.05) is 21.7 Å². The van der Waals surface area contributed by atoms with E-state index >= 15 is 0 Å². The molecular formula is C25H18N2S. The Bertz CT molecular complexity index is 1400. The smallest absolute Gasteiger partial charge is 0.137 e. The number of fused-ring (bicyclic) bond motifs is 4. The zero-order valence-corrected chi connectivity index (χ0v) is 16.1. The number of thiophene rings is 1. The summed E-state index contributed by atoms with van der Waals surface area (Å²) in [6.45, 7) is 0. The first kappa shape index (κ1) is 15.8. The first-order valence-corrected chi connectivity index (χ1v) is 10.5. The Kier molecular flexibility index (Phi) is 3.50. The van der Waals surface area contributed by atoms with Crippen LogP contribution in [-0.2, 0) is 0 Å². The predicted octanol–water partition coefficient (Wildman–Crippen LogP) is 7.13. The molecule has 0 aliphatic heterocycles. The van der Waals surface area contributed by atoms with Crippen LogP contribution < -0.4 is 0 Å². The number of allylic oxidation sites excluding steroid dienone is 4. The minimum absolute atomic E-state index is 0.964. The first-order valence-electron chi connectivity index (χ1n) is 9.62. The highest BCUT2D eigenvalue weighted by Crippen LogP contribution is 2.35. The molecule has 1 aliphatic carbocycles. The Hall–Kier alpha value is -3.17. The molecule has 1 aliphatic rings. The lowest BCUT2D eigenvalue weighted by Gasteiger charge is -2.10. The van der Waals surface area contributed by atoms with E-state index in [2.05, 4.69) is 82.8 Å². The van der Waals surface area contributed by atoms with Crippen LogP contribution in [0.1, 0.15) is 18.4 Å². The van der Waals surface area contributed by atoms with E-state index in [-0.39, 0.29) is 0 Å². The van der Waals surface area contributed by atoms with Crippen LogP contribution in [0.3, 0.4) is 0 Å². The largest absolute Gasteiger partial charge is 0.294 e. The van der Waals surface area contributed by atoms with Crippen molar-refractivity contribution in [3.8, 4) is 5.82 Å². The van der Waals surface area contributed by atoms with E-state index in [1.807, 2.05) is 6.20 Å². The van der Waals surface area contributed by atoms with Crippen molar-refractivity contribution < 1.29 is 0 Å². The zero-order valence-electron chi connectivity index (χ0n) is 15.3. The summed E-state index contributed by atoms with van der Waals surface area (Å²) in [6, 6.07) is 19.8. The molecule has 0 atom stereocenters. The van der Waals surface area contributed by atoms with Crippen molar-refractivity contribution in [2.45, 2.75) is 12.8 Å². The van der Waals surface area contributed by atoms with Crippen LogP contribution in [0.4, 0.5) is 0 Å². The number of pyridine rings is 1. The van der Waals surface area contributed by atoms with Gasteiger partial charge in [-0.2, -0.15) is 0 Å². The second kappa shape index (κ2) is 6.18. The standard InChI is InChI=1S/C25H18N2S/c1-2-6-17(7-3-1)19-10-11-25(26-16-19)27-22-9-5-4-8-20(22)21-14-18-12-13-28-24(18)15-23(21)27/h2,4-16H,1,3H2. The Morgan fingerprint density at radius 2 is 1.86 bits per heavy atom. The molecule has 134 valence electrons. The monoisotopic (exact) mass is 378 g/mol. The lowest BCUT2D eigenvalue weighted by molar-refractivity contribution is 1.04. The predicted molar refractivity (Wildman–Crippen MR) is 120 cm³/mol. The summed E-state index contributed by atoms with van der Waals surface area (Å²) >= 11 is 1.79. The molecule has 2 aromatic carbocycles. The van der Waals surface area contributed by atoms with E-state index in [9.17, 15) is 0 Å². The highest BCUT2D eigenvalue weighted by Gasteiger charge is 2.14. The molecule has 0 saturated carbocycles. The molecule has 3 aromatic heterocycles. The molecule has 0 bridgehead atoms. The fourth-order valence-corrected chi connectivity index (χ4v) is 4.99. The lowest BCUT2D eigenvalue weighted by atomic mass is 10.0. The number of hydrogen-bond donors (Lipinski definition) is 0. The molecule has 0 fully saturated rings. The molecule has 28 heavy (non-hydrogen) atoms. The SMILES string of the molecule is C1=CC(c2ccc(-n3c4ccccc4c4cc5ccsc5cc43)nc2)=CCC1. The number of para-hydroxylation sites is 1. The van der Waals surface area contributed by atoms with Crippen molar-refractivity contribution in [2.75, 3.05) is 0 Å². The van der Waals surface area contributed by atoms with Crippen molar-refractivity contribution in [1.82, 2.24) is 9.55 Å². The number of aromatic nitrogens is 2. The van der Waals surface area contributed by atoms with Gasteiger partial charge < -0.3 is 0 Å². The molecule has 5 aromatic rings. The van der Waals surface area contributed by atoms with E-state index < -0.39 is 0 Å². The van der Waals surface area contributed by atoms with Crippen LogP contribution in [0.15, 0.2) is 84.4 Å². The second-order valence-corrected chi connectivity index (χ2v) is 8.17. The summed E-state index contributed by atoms with van der Waals surface area (Å²) < 4.78 is 3.60. The fraction of sp³-hybridized carbons (Fsp3) is 0.0800. The van der Waals surface area contributed by atoms with Crippen LogP contribution >= 0.6 is 11.3 Å². The third-order valence-corrected chi connectivity index (χ3v) is 6.43. The molecule has 6 rings (SSSR count). The number of benzene rings is 2. The first-order chi connectivity index (χ1) is 13.9. The summed E-state index contributed by atoms with van der Waals surface area (Å²) in [5.41, 5.74) is 4.87. The summed E-state index contributed by atoms with van der Waals surface area (Å²) in [5.74, 6) is 0.964. The lowest BCUT2D eigenvalue weighted by Crippen LogP contribution is -1.98. The van der Waals surface area contributed by atoms with E-state index in [4.69, 9.17) is 4.98 Å². The van der Waals surface area contributed by atoms with Gasteiger partial charge in [-0.25, -0.2) is 4.98 Å². The molecule has 0 N–H and O–H groups in total. The normalized spacial score (nSPS) is 14.2. The van der Waals surface area contributed by atoms with E-state index in [0.29, 0.717) is 0 Å². The van der Waals surface area contributed by atoms with Gasteiger partial charge in [0.05, 0.1) is 11.0 Å². The van der Waals surface area contributed by atoms with Gasteiger partial charge in [-0.15, -0.1) is 11.3 Å². The highest BCUT2D eigenvalue weighted by molar-refractivity contribution is 7.17. The quantitative estimate of drug-likeness (QED) is 0.319. The van der Waals surface area contributed by atoms with Crippen LogP contribution in [0.5, 0.6) is 0 Å². The van der Waals surface area contributed by atoms with Gasteiger partial charge in [0.2, 0.25) is 0 Å². The Morgan fingerprint density at radius 1 is 0.893 bits per heavy atom. The third kappa shape index (κ3) is 2.36. The molecule has 3 heteroatoms. The van der Waals surface area contributed by atoms with Crippen molar-refractivity contribution >= 4 is 48.8 Å². The summed E-state index contributed by atoms with van der Waals surface area (Å²) in [4.78, 5) is 4.86. The maximum atomic E-state index is 4.86. The minimum Gasteiger partial charge on any atom is -0.294 e. The molecule has 0 spiro atoms. The zero-order chi connectivity index (χ0) is 18.5. The van der Waals surface area contributed by atoms with Crippen molar-refractivity contribution in [3.63, 3.8) is 0 Å².